The molecule has 0 spiro atoms. The third-order valence-corrected chi connectivity index (χ3v) is 1.89. The van der Waals surface area contributed by atoms with E-state index in [4.69, 9.17) is 5.11 Å². The van der Waals surface area contributed by atoms with Crippen molar-refractivity contribution in [2.75, 3.05) is 13.2 Å². The predicted octanol–water partition coefficient (Wildman–Crippen LogP) is 2.12. The van der Waals surface area contributed by atoms with Gasteiger partial charge in [0.05, 0.1) is 6.67 Å². The molecule has 0 saturated heterocycles. The van der Waals surface area contributed by atoms with Crippen LogP contribution in [0.4, 0.5) is 13.2 Å². The normalized spacial score (nSPS) is 10.6. The minimum Gasteiger partial charge on any atom is -0.503 e. The Balaban J connectivity index is 2.55. The first-order valence-electron chi connectivity index (χ1n) is 4.58. The molecule has 0 unspecified atom stereocenters. The number of hydrogen-bond acceptors (Lipinski definition) is 2. The van der Waals surface area contributed by atoms with Crippen molar-refractivity contribution in [2.24, 2.45) is 0 Å². The van der Waals surface area contributed by atoms with Gasteiger partial charge in [0, 0.05) is 6.54 Å². The van der Waals surface area contributed by atoms with Gasteiger partial charge < -0.3 is 10.4 Å². The molecular weight excluding hydrogens is 207 g/mol. The number of aromatic hydroxyl groups is 1. The molecule has 0 radical (unpaired) electrons. The third kappa shape index (κ3) is 3.43. The molecule has 84 valence electrons. The largest absolute Gasteiger partial charge is 0.503 e. The summed E-state index contributed by atoms with van der Waals surface area (Å²) in [6, 6.07) is 2.09. The lowest BCUT2D eigenvalue weighted by Crippen LogP contribution is -2.15. The molecule has 0 atom stereocenters. The van der Waals surface area contributed by atoms with Gasteiger partial charge in [-0.2, -0.15) is 0 Å². The van der Waals surface area contributed by atoms with Gasteiger partial charge >= 0.3 is 0 Å². The molecule has 0 aliphatic heterocycles. The van der Waals surface area contributed by atoms with E-state index in [2.05, 4.69) is 5.32 Å². The molecule has 0 aromatic heterocycles. The molecule has 1 aromatic rings. The van der Waals surface area contributed by atoms with Crippen molar-refractivity contribution in [1.82, 2.24) is 5.32 Å². The lowest BCUT2D eigenvalue weighted by Gasteiger charge is -2.05. The van der Waals surface area contributed by atoms with Gasteiger partial charge in [-0.3, -0.25) is 4.39 Å². The van der Waals surface area contributed by atoms with Crippen molar-refractivity contribution in [1.29, 1.82) is 0 Å². The van der Waals surface area contributed by atoms with Crippen LogP contribution in [0.5, 0.6) is 5.75 Å². The van der Waals surface area contributed by atoms with Gasteiger partial charge in [-0.1, -0.05) is 0 Å². The first-order valence-corrected chi connectivity index (χ1v) is 4.58. The highest BCUT2D eigenvalue weighted by atomic mass is 19.1. The van der Waals surface area contributed by atoms with Gasteiger partial charge in [0.25, 0.3) is 0 Å². The molecule has 0 aliphatic rings. The van der Waals surface area contributed by atoms with Gasteiger partial charge in [-0.05, 0) is 30.7 Å². The summed E-state index contributed by atoms with van der Waals surface area (Å²) in [5.41, 5.74) is 0.377. The number of alkyl halides is 1. The van der Waals surface area contributed by atoms with Crippen LogP contribution in [0.25, 0.3) is 0 Å². The first-order chi connectivity index (χ1) is 7.15. The van der Waals surface area contributed by atoms with Crippen LogP contribution >= 0.6 is 0 Å². The van der Waals surface area contributed by atoms with Gasteiger partial charge in [0.15, 0.2) is 17.4 Å². The van der Waals surface area contributed by atoms with Crippen molar-refractivity contribution in [3.63, 3.8) is 0 Å². The summed E-state index contributed by atoms with van der Waals surface area (Å²) >= 11 is 0. The van der Waals surface area contributed by atoms with Gasteiger partial charge in [-0.25, -0.2) is 8.78 Å². The zero-order valence-electron chi connectivity index (χ0n) is 8.06. The maximum absolute atomic E-state index is 12.8. The Labute approximate surface area is 85.7 Å². The van der Waals surface area contributed by atoms with Gasteiger partial charge in [0.2, 0.25) is 0 Å². The zero-order chi connectivity index (χ0) is 11.3. The molecule has 0 aliphatic carbocycles. The Hall–Kier alpha value is -1.23. The van der Waals surface area contributed by atoms with E-state index in [9.17, 15) is 13.2 Å². The SMILES string of the molecule is Oc1c(F)cc(CNCCCF)cc1F. The highest BCUT2D eigenvalue weighted by Gasteiger charge is 2.08. The average Bonchev–Trinajstić information content (AvgIpc) is 2.21. The van der Waals surface area contributed by atoms with Crippen LogP contribution in [-0.2, 0) is 6.54 Å². The molecule has 1 aromatic carbocycles. The molecule has 15 heavy (non-hydrogen) atoms. The summed E-state index contributed by atoms with van der Waals surface area (Å²) in [4.78, 5) is 0. The highest BCUT2D eigenvalue weighted by Crippen LogP contribution is 2.21. The molecule has 2 N–H and O–H groups in total. The maximum atomic E-state index is 12.8. The molecule has 2 nitrogen and oxygen atoms in total. The van der Waals surface area contributed by atoms with Crippen LogP contribution in [0.2, 0.25) is 0 Å². The molecule has 0 amide bonds. The number of benzene rings is 1. The van der Waals surface area contributed by atoms with Crippen molar-refractivity contribution in [3.05, 3.63) is 29.3 Å². The van der Waals surface area contributed by atoms with Crippen molar-refractivity contribution >= 4 is 0 Å². The molecule has 5 heteroatoms. The molecule has 0 heterocycles. The van der Waals surface area contributed by atoms with E-state index in [0.29, 0.717) is 18.5 Å². The smallest absolute Gasteiger partial charge is 0.187 e. The van der Waals surface area contributed by atoms with Crippen LogP contribution in [0, 0.1) is 11.6 Å². The Morgan fingerprint density at radius 2 is 1.80 bits per heavy atom. The number of hydrogen-bond donors (Lipinski definition) is 2. The maximum Gasteiger partial charge on any atom is 0.187 e. The van der Waals surface area contributed by atoms with E-state index >= 15 is 0 Å². The van der Waals surface area contributed by atoms with E-state index in [-0.39, 0.29) is 6.54 Å². The molecular formula is C10H12F3NO. The summed E-state index contributed by atoms with van der Waals surface area (Å²) in [6.07, 6.45) is 0.364. The van der Waals surface area contributed by atoms with Crippen LogP contribution in [0.1, 0.15) is 12.0 Å². The summed E-state index contributed by atoms with van der Waals surface area (Å²) in [5.74, 6) is -2.95. The highest BCUT2D eigenvalue weighted by molar-refractivity contribution is 5.29. The minimum absolute atomic E-state index is 0.244. The van der Waals surface area contributed by atoms with Crippen LogP contribution in [0.15, 0.2) is 12.1 Å². The third-order valence-electron chi connectivity index (χ3n) is 1.89. The topological polar surface area (TPSA) is 32.3 Å². The van der Waals surface area contributed by atoms with Crippen LogP contribution < -0.4 is 5.32 Å². The van der Waals surface area contributed by atoms with Crippen LogP contribution in [-0.4, -0.2) is 18.3 Å². The Kier molecular flexibility index (Phi) is 4.42. The van der Waals surface area contributed by atoms with E-state index in [1.165, 1.54) is 0 Å². The van der Waals surface area contributed by atoms with E-state index in [0.717, 1.165) is 12.1 Å². The van der Waals surface area contributed by atoms with E-state index in [1.807, 2.05) is 0 Å². The molecule has 0 saturated carbocycles. The fraction of sp³-hybridized carbons (Fsp3) is 0.400. The fourth-order valence-corrected chi connectivity index (χ4v) is 1.14. The van der Waals surface area contributed by atoms with Gasteiger partial charge in [0.1, 0.15) is 0 Å². The monoisotopic (exact) mass is 219 g/mol. The first kappa shape index (κ1) is 11.8. The average molecular weight is 219 g/mol. The number of nitrogens with one attached hydrogen (secondary N) is 1. The van der Waals surface area contributed by atoms with Crippen molar-refractivity contribution in [2.45, 2.75) is 13.0 Å². The summed E-state index contributed by atoms with van der Waals surface area (Å²) in [7, 11) is 0. The van der Waals surface area contributed by atoms with Crippen molar-refractivity contribution < 1.29 is 18.3 Å². The summed E-state index contributed by atoms with van der Waals surface area (Å²) in [5, 5.41) is 11.6. The number of phenols is 1. The number of halogens is 3. The van der Waals surface area contributed by atoms with E-state index in [1.54, 1.807) is 0 Å². The minimum atomic E-state index is -0.989. The Bertz CT molecular complexity index is 307. The second kappa shape index (κ2) is 5.60. The molecule has 1 rings (SSSR count). The number of phenolic OH excluding ortho intramolecular Hbond substituents is 1. The summed E-state index contributed by atoms with van der Waals surface area (Å²) in [6.45, 7) is 0.264. The summed E-state index contributed by atoms with van der Waals surface area (Å²) < 4.78 is 37.4. The second-order valence-electron chi connectivity index (χ2n) is 3.13. The lowest BCUT2D eigenvalue weighted by molar-refractivity contribution is 0.395. The molecule has 0 fully saturated rings. The predicted molar refractivity (Wildman–Crippen MR) is 50.3 cm³/mol. The Morgan fingerprint density at radius 1 is 1.20 bits per heavy atom. The quantitative estimate of drug-likeness (QED) is 0.743. The second-order valence-corrected chi connectivity index (χ2v) is 3.13. The van der Waals surface area contributed by atoms with Crippen LogP contribution in [0.3, 0.4) is 0 Å². The van der Waals surface area contributed by atoms with Crippen molar-refractivity contribution in [3.8, 4) is 5.75 Å². The lowest BCUT2D eigenvalue weighted by atomic mass is 10.2. The van der Waals surface area contributed by atoms with E-state index < -0.39 is 24.1 Å². The standard InChI is InChI=1S/C10H12F3NO/c11-2-1-3-14-6-7-4-8(12)10(15)9(13)5-7/h4-5,14-15H,1-3,6H2. The number of rotatable bonds is 5. The Morgan fingerprint density at radius 3 is 2.33 bits per heavy atom. The fourth-order valence-electron chi connectivity index (χ4n) is 1.14. The van der Waals surface area contributed by atoms with Gasteiger partial charge in [-0.15, -0.1) is 0 Å². The molecule has 0 bridgehead atoms. The zero-order valence-corrected chi connectivity index (χ0v) is 8.06.